The van der Waals surface area contributed by atoms with E-state index in [9.17, 15) is 4.39 Å². The zero-order chi connectivity index (χ0) is 8.55. The number of halogens is 1. The summed E-state index contributed by atoms with van der Waals surface area (Å²) in [7, 11) is 0. The summed E-state index contributed by atoms with van der Waals surface area (Å²) in [5.74, 6) is -0.136. The lowest BCUT2D eigenvalue weighted by atomic mass is 9.95. The molecule has 2 rings (SSSR count). The van der Waals surface area contributed by atoms with Gasteiger partial charge in [0.1, 0.15) is 5.82 Å². The van der Waals surface area contributed by atoms with Crippen LogP contribution in [0.3, 0.4) is 0 Å². The molecule has 63 valence electrons. The van der Waals surface area contributed by atoms with E-state index in [4.69, 9.17) is 0 Å². The third-order valence-electron chi connectivity index (χ3n) is 2.26. The number of benzene rings is 1. The van der Waals surface area contributed by atoms with Crippen molar-refractivity contribution in [1.82, 2.24) is 5.32 Å². The standard InChI is InChI=1S/C10H11FN/c1-7-10-3-2-9(11)6-8(10)4-5-12-7/h2-3,6,12H,4-5H2,1H3. The highest BCUT2D eigenvalue weighted by Gasteiger charge is 2.15. The molecule has 0 unspecified atom stereocenters. The molecule has 12 heavy (non-hydrogen) atoms. The molecule has 0 aromatic heterocycles. The Morgan fingerprint density at radius 2 is 2.25 bits per heavy atom. The molecule has 0 atom stereocenters. The summed E-state index contributed by atoms with van der Waals surface area (Å²) in [6.07, 6.45) is 0.921. The van der Waals surface area contributed by atoms with Crippen LogP contribution in [0.1, 0.15) is 18.1 Å². The Kier molecular flexibility index (Phi) is 1.85. The van der Waals surface area contributed by atoms with Crippen molar-refractivity contribution in [2.75, 3.05) is 6.54 Å². The molecule has 0 saturated heterocycles. The van der Waals surface area contributed by atoms with E-state index >= 15 is 0 Å². The summed E-state index contributed by atoms with van der Waals surface area (Å²) in [6.45, 7) is 2.94. The minimum Gasteiger partial charge on any atom is -0.305 e. The molecule has 1 aliphatic rings. The molecule has 0 bridgehead atoms. The van der Waals surface area contributed by atoms with Crippen molar-refractivity contribution < 1.29 is 4.39 Å². The number of nitrogens with one attached hydrogen (secondary N) is 1. The predicted molar refractivity (Wildman–Crippen MR) is 46.1 cm³/mol. The molecule has 1 aromatic carbocycles. The van der Waals surface area contributed by atoms with Crippen molar-refractivity contribution in [2.45, 2.75) is 13.3 Å². The van der Waals surface area contributed by atoms with E-state index in [2.05, 4.69) is 5.32 Å². The van der Waals surface area contributed by atoms with Crippen molar-refractivity contribution in [3.8, 4) is 0 Å². The Morgan fingerprint density at radius 1 is 1.42 bits per heavy atom. The van der Waals surface area contributed by atoms with Crippen molar-refractivity contribution in [2.24, 2.45) is 0 Å². The Balaban J connectivity index is 2.46. The lowest BCUT2D eigenvalue weighted by molar-refractivity contribution is 0.615. The van der Waals surface area contributed by atoms with Gasteiger partial charge >= 0.3 is 0 Å². The molecule has 1 heterocycles. The van der Waals surface area contributed by atoms with Crippen molar-refractivity contribution in [3.05, 3.63) is 41.2 Å². The summed E-state index contributed by atoms with van der Waals surface area (Å²) >= 11 is 0. The summed E-state index contributed by atoms with van der Waals surface area (Å²) in [5, 5.41) is 3.25. The fourth-order valence-electron chi connectivity index (χ4n) is 1.61. The van der Waals surface area contributed by atoms with Gasteiger partial charge in [0.15, 0.2) is 0 Å². The molecule has 2 heteroatoms. The van der Waals surface area contributed by atoms with Gasteiger partial charge in [-0.15, -0.1) is 0 Å². The van der Waals surface area contributed by atoms with Crippen LogP contribution in [0.15, 0.2) is 18.2 Å². The number of fused-ring (bicyclic) bond motifs is 1. The van der Waals surface area contributed by atoms with Gasteiger partial charge in [0.05, 0.1) is 6.04 Å². The smallest absolute Gasteiger partial charge is 0.123 e. The molecule has 1 N–H and O–H groups in total. The Bertz CT molecular complexity index is 296. The van der Waals surface area contributed by atoms with E-state index < -0.39 is 0 Å². The summed E-state index contributed by atoms with van der Waals surface area (Å²) in [4.78, 5) is 0. The maximum absolute atomic E-state index is 12.8. The van der Waals surface area contributed by atoms with Gasteiger partial charge in [0, 0.05) is 6.54 Å². The molecule has 0 amide bonds. The molecule has 1 nitrogen and oxygen atoms in total. The van der Waals surface area contributed by atoms with Crippen LogP contribution in [0.4, 0.5) is 4.39 Å². The van der Waals surface area contributed by atoms with E-state index in [-0.39, 0.29) is 5.82 Å². The van der Waals surface area contributed by atoms with Crippen LogP contribution in [0, 0.1) is 11.9 Å². The molecule has 0 aliphatic carbocycles. The van der Waals surface area contributed by atoms with Gasteiger partial charge in [-0.2, -0.15) is 0 Å². The predicted octanol–water partition coefficient (Wildman–Crippen LogP) is 1.87. The van der Waals surface area contributed by atoms with Crippen LogP contribution in [-0.2, 0) is 6.42 Å². The molecule has 0 saturated carbocycles. The van der Waals surface area contributed by atoms with E-state index in [1.807, 2.05) is 13.0 Å². The van der Waals surface area contributed by atoms with Gasteiger partial charge in [-0.3, -0.25) is 0 Å². The Labute approximate surface area is 71.6 Å². The minimum atomic E-state index is -0.136. The van der Waals surface area contributed by atoms with Gasteiger partial charge in [0.2, 0.25) is 0 Å². The van der Waals surface area contributed by atoms with Crippen LogP contribution < -0.4 is 5.32 Å². The fraction of sp³-hybridized carbons (Fsp3) is 0.300. The molecular formula is C10H11FN. The highest BCUT2D eigenvalue weighted by molar-refractivity contribution is 5.39. The van der Waals surface area contributed by atoms with Gasteiger partial charge in [-0.05, 0) is 36.6 Å². The average molecular weight is 164 g/mol. The zero-order valence-corrected chi connectivity index (χ0v) is 7.02. The fourth-order valence-corrected chi connectivity index (χ4v) is 1.61. The van der Waals surface area contributed by atoms with E-state index in [1.165, 1.54) is 6.07 Å². The highest BCUT2D eigenvalue weighted by atomic mass is 19.1. The van der Waals surface area contributed by atoms with Crippen LogP contribution in [-0.4, -0.2) is 6.54 Å². The second kappa shape index (κ2) is 2.87. The van der Waals surface area contributed by atoms with Crippen molar-refractivity contribution in [3.63, 3.8) is 0 Å². The molecule has 1 aliphatic heterocycles. The first-order chi connectivity index (χ1) is 5.77. The van der Waals surface area contributed by atoms with Crippen LogP contribution in [0.5, 0.6) is 0 Å². The lowest BCUT2D eigenvalue weighted by Gasteiger charge is -2.22. The third kappa shape index (κ3) is 1.23. The number of hydrogen-bond acceptors (Lipinski definition) is 1. The third-order valence-corrected chi connectivity index (χ3v) is 2.26. The van der Waals surface area contributed by atoms with Gasteiger partial charge in [-0.1, -0.05) is 6.07 Å². The van der Waals surface area contributed by atoms with Gasteiger partial charge < -0.3 is 5.32 Å². The quantitative estimate of drug-likeness (QED) is 0.617. The van der Waals surface area contributed by atoms with Crippen molar-refractivity contribution in [1.29, 1.82) is 0 Å². The topological polar surface area (TPSA) is 12.0 Å². The Morgan fingerprint density at radius 3 is 3.08 bits per heavy atom. The lowest BCUT2D eigenvalue weighted by Crippen LogP contribution is -2.28. The second-order valence-corrected chi connectivity index (χ2v) is 3.10. The minimum absolute atomic E-state index is 0.136. The maximum Gasteiger partial charge on any atom is 0.123 e. The second-order valence-electron chi connectivity index (χ2n) is 3.10. The first-order valence-electron chi connectivity index (χ1n) is 4.13. The van der Waals surface area contributed by atoms with Gasteiger partial charge in [0.25, 0.3) is 0 Å². The summed E-state index contributed by atoms with van der Waals surface area (Å²) in [6, 6.07) is 6.12. The first-order valence-corrected chi connectivity index (χ1v) is 4.13. The summed E-state index contributed by atoms with van der Waals surface area (Å²) < 4.78 is 12.8. The van der Waals surface area contributed by atoms with Crippen LogP contribution in [0.25, 0.3) is 0 Å². The van der Waals surface area contributed by atoms with E-state index in [0.717, 1.165) is 30.1 Å². The molecule has 0 spiro atoms. The Hall–Kier alpha value is -0.890. The van der Waals surface area contributed by atoms with Crippen LogP contribution >= 0.6 is 0 Å². The SMILES string of the molecule is C[C]1NCCc2cc(F)ccc21. The van der Waals surface area contributed by atoms with E-state index in [1.54, 1.807) is 6.07 Å². The molecular weight excluding hydrogens is 153 g/mol. The average Bonchev–Trinajstić information content (AvgIpc) is 2.04. The molecule has 0 fully saturated rings. The first kappa shape index (κ1) is 7.74. The number of rotatable bonds is 0. The van der Waals surface area contributed by atoms with Gasteiger partial charge in [-0.25, -0.2) is 4.39 Å². The van der Waals surface area contributed by atoms with Crippen molar-refractivity contribution >= 4 is 0 Å². The summed E-state index contributed by atoms with van der Waals surface area (Å²) in [5.41, 5.74) is 2.27. The van der Waals surface area contributed by atoms with E-state index in [0.29, 0.717) is 0 Å². The zero-order valence-electron chi connectivity index (χ0n) is 7.02. The molecule has 1 radical (unpaired) electrons. The van der Waals surface area contributed by atoms with Crippen LogP contribution in [0.2, 0.25) is 0 Å². The largest absolute Gasteiger partial charge is 0.305 e. The molecule has 1 aromatic rings. The normalized spacial score (nSPS) is 17.5. The maximum atomic E-state index is 12.8. The highest BCUT2D eigenvalue weighted by Crippen LogP contribution is 2.21. The number of hydrogen-bond donors (Lipinski definition) is 1. The monoisotopic (exact) mass is 164 g/mol.